The van der Waals surface area contributed by atoms with Gasteiger partial charge in [-0.1, -0.05) is 18.2 Å². The second-order valence-corrected chi connectivity index (χ2v) is 3.43. The van der Waals surface area contributed by atoms with Crippen LogP contribution in [-0.2, 0) is 13.1 Å². The number of hydrogen-bond donors (Lipinski definition) is 2. The lowest BCUT2D eigenvalue weighted by Crippen LogP contribution is -2.13. The Balaban J connectivity index is 1.87. The van der Waals surface area contributed by atoms with E-state index in [0.29, 0.717) is 18.8 Å². The summed E-state index contributed by atoms with van der Waals surface area (Å²) in [5.74, 6) is 0.317. The zero-order valence-corrected chi connectivity index (χ0v) is 8.80. The molecular weight excluding hydrogens is 202 g/mol. The van der Waals surface area contributed by atoms with Gasteiger partial charge in [0.1, 0.15) is 12.1 Å². The predicted molar refractivity (Wildman–Crippen MR) is 60.7 cm³/mol. The Kier molecular flexibility index (Phi) is 3.46. The van der Waals surface area contributed by atoms with Gasteiger partial charge in [0.2, 0.25) is 0 Å². The summed E-state index contributed by atoms with van der Waals surface area (Å²) >= 11 is 0. The van der Waals surface area contributed by atoms with Gasteiger partial charge in [-0.2, -0.15) is 0 Å². The summed E-state index contributed by atoms with van der Waals surface area (Å²) in [5, 5.41) is 12.8. The van der Waals surface area contributed by atoms with Crippen LogP contribution in [0.4, 0.5) is 0 Å². The molecule has 0 aliphatic carbocycles. The number of nitrogens with zero attached hydrogens (tertiary/aromatic N) is 2. The van der Waals surface area contributed by atoms with Crippen molar-refractivity contribution in [2.45, 2.75) is 13.1 Å². The summed E-state index contributed by atoms with van der Waals surface area (Å²) in [7, 11) is 0. The number of hydrogen-bond acceptors (Lipinski definition) is 4. The highest BCUT2D eigenvalue weighted by Crippen LogP contribution is 2.14. The van der Waals surface area contributed by atoms with Gasteiger partial charge in [-0.15, -0.1) is 0 Å². The molecular formula is C12H13N3O. The molecule has 1 aromatic carbocycles. The van der Waals surface area contributed by atoms with Crippen LogP contribution in [0.5, 0.6) is 5.75 Å². The Bertz CT molecular complexity index is 445. The van der Waals surface area contributed by atoms with E-state index in [-0.39, 0.29) is 0 Å². The molecule has 0 radical (unpaired) electrons. The fraction of sp³-hybridized carbons (Fsp3) is 0.167. The van der Waals surface area contributed by atoms with Gasteiger partial charge in [0, 0.05) is 24.8 Å². The highest BCUT2D eigenvalue weighted by Gasteiger charge is 1.99. The van der Waals surface area contributed by atoms with E-state index in [9.17, 15) is 5.11 Å². The first-order valence-electron chi connectivity index (χ1n) is 5.09. The first-order chi connectivity index (χ1) is 7.86. The van der Waals surface area contributed by atoms with Gasteiger partial charge in [-0.05, 0) is 12.1 Å². The van der Waals surface area contributed by atoms with E-state index < -0.39 is 0 Å². The molecule has 82 valence electrons. The molecule has 0 saturated heterocycles. The fourth-order valence-corrected chi connectivity index (χ4v) is 1.41. The molecule has 0 atom stereocenters. The minimum Gasteiger partial charge on any atom is -0.508 e. The van der Waals surface area contributed by atoms with Crippen molar-refractivity contribution in [2.75, 3.05) is 0 Å². The molecule has 4 heteroatoms. The van der Waals surface area contributed by atoms with E-state index in [1.54, 1.807) is 12.3 Å². The van der Waals surface area contributed by atoms with Crippen molar-refractivity contribution < 1.29 is 5.11 Å². The molecule has 0 amide bonds. The second kappa shape index (κ2) is 5.23. The molecule has 2 aromatic rings. The Morgan fingerprint density at radius 3 is 2.75 bits per heavy atom. The molecule has 2 rings (SSSR count). The summed E-state index contributed by atoms with van der Waals surface area (Å²) in [5.41, 5.74) is 1.82. The summed E-state index contributed by atoms with van der Waals surface area (Å²) < 4.78 is 0. The van der Waals surface area contributed by atoms with Gasteiger partial charge < -0.3 is 10.4 Å². The van der Waals surface area contributed by atoms with Gasteiger partial charge in [-0.3, -0.25) is 0 Å². The largest absolute Gasteiger partial charge is 0.508 e. The number of nitrogens with one attached hydrogen (secondary N) is 1. The Morgan fingerprint density at radius 2 is 2.00 bits per heavy atom. The van der Waals surface area contributed by atoms with Crippen molar-refractivity contribution in [1.29, 1.82) is 0 Å². The zero-order chi connectivity index (χ0) is 11.2. The topological polar surface area (TPSA) is 58.0 Å². The molecule has 1 aromatic heterocycles. The summed E-state index contributed by atoms with van der Waals surface area (Å²) in [6.45, 7) is 1.29. The molecule has 0 fully saturated rings. The minimum absolute atomic E-state index is 0.317. The van der Waals surface area contributed by atoms with Crippen molar-refractivity contribution in [2.24, 2.45) is 0 Å². The number of aromatic hydroxyl groups is 1. The Labute approximate surface area is 94.0 Å². The molecule has 2 N–H and O–H groups in total. The maximum atomic E-state index is 9.54. The molecule has 4 nitrogen and oxygen atoms in total. The molecule has 0 bridgehead atoms. The van der Waals surface area contributed by atoms with Crippen LogP contribution in [0.15, 0.2) is 42.9 Å². The summed E-state index contributed by atoms with van der Waals surface area (Å²) in [6, 6.07) is 9.15. The molecule has 0 saturated carbocycles. The summed E-state index contributed by atoms with van der Waals surface area (Å²) in [4.78, 5) is 7.94. The van der Waals surface area contributed by atoms with E-state index in [1.165, 1.54) is 6.33 Å². The van der Waals surface area contributed by atoms with Crippen molar-refractivity contribution in [3.63, 3.8) is 0 Å². The van der Waals surface area contributed by atoms with E-state index >= 15 is 0 Å². The zero-order valence-electron chi connectivity index (χ0n) is 8.80. The Hall–Kier alpha value is -1.94. The molecule has 0 unspecified atom stereocenters. The highest BCUT2D eigenvalue weighted by molar-refractivity contribution is 5.31. The molecule has 0 aliphatic rings. The lowest BCUT2D eigenvalue weighted by molar-refractivity contribution is 0.464. The van der Waals surface area contributed by atoms with Gasteiger partial charge in [-0.25, -0.2) is 9.97 Å². The number of benzene rings is 1. The second-order valence-electron chi connectivity index (χ2n) is 3.43. The van der Waals surface area contributed by atoms with E-state index in [0.717, 1.165) is 11.3 Å². The number of rotatable bonds is 4. The van der Waals surface area contributed by atoms with E-state index in [4.69, 9.17) is 0 Å². The number of phenolic OH excluding ortho intramolecular Hbond substituents is 1. The van der Waals surface area contributed by atoms with Gasteiger partial charge in [0.05, 0.1) is 5.69 Å². The third-order valence-electron chi connectivity index (χ3n) is 2.26. The van der Waals surface area contributed by atoms with Crippen LogP contribution >= 0.6 is 0 Å². The van der Waals surface area contributed by atoms with Gasteiger partial charge >= 0.3 is 0 Å². The maximum absolute atomic E-state index is 9.54. The lowest BCUT2D eigenvalue weighted by Gasteiger charge is -2.05. The van der Waals surface area contributed by atoms with Gasteiger partial charge in [0.25, 0.3) is 0 Å². The van der Waals surface area contributed by atoms with Crippen LogP contribution in [0.1, 0.15) is 11.3 Å². The number of para-hydroxylation sites is 1. The molecule has 0 spiro atoms. The van der Waals surface area contributed by atoms with E-state index in [2.05, 4.69) is 15.3 Å². The SMILES string of the molecule is Oc1ccccc1CNCc1ccncn1. The first kappa shape index (κ1) is 10.6. The third kappa shape index (κ3) is 2.77. The maximum Gasteiger partial charge on any atom is 0.120 e. The fourth-order valence-electron chi connectivity index (χ4n) is 1.41. The van der Waals surface area contributed by atoms with Crippen LogP contribution in [0.25, 0.3) is 0 Å². The normalized spacial score (nSPS) is 10.2. The predicted octanol–water partition coefficient (Wildman–Crippen LogP) is 1.47. The average molecular weight is 215 g/mol. The van der Waals surface area contributed by atoms with Crippen molar-refractivity contribution in [3.05, 3.63) is 54.1 Å². The van der Waals surface area contributed by atoms with Crippen molar-refractivity contribution in [1.82, 2.24) is 15.3 Å². The van der Waals surface area contributed by atoms with Gasteiger partial charge in [0.15, 0.2) is 0 Å². The Morgan fingerprint density at radius 1 is 1.12 bits per heavy atom. The van der Waals surface area contributed by atoms with Crippen molar-refractivity contribution in [3.8, 4) is 5.75 Å². The molecule has 16 heavy (non-hydrogen) atoms. The standard InChI is InChI=1S/C12H13N3O/c16-12-4-2-1-3-10(12)7-14-8-11-5-6-13-9-15-11/h1-6,9,14,16H,7-8H2. The number of aromatic nitrogens is 2. The van der Waals surface area contributed by atoms with E-state index in [1.807, 2.05) is 24.3 Å². The van der Waals surface area contributed by atoms with Crippen LogP contribution in [-0.4, -0.2) is 15.1 Å². The smallest absolute Gasteiger partial charge is 0.120 e. The third-order valence-corrected chi connectivity index (χ3v) is 2.26. The highest BCUT2D eigenvalue weighted by atomic mass is 16.3. The van der Waals surface area contributed by atoms with Crippen LogP contribution in [0.2, 0.25) is 0 Å². The van der Waals surface area contributed by atoms with Crippen molar-refractivity contribution >= 4 is 0 Å². The van der Waals surface area contributed by atoms with Crippen LogP contribution < -0.4 is 5.32 Å². The van der Waals surface area contributed by atoms with Crippen LogP contribution in [0.3, 0.4) is 0 Å². The quantitative estimate of drug-likeness (QED) is 0.811. The molecule has 1 heterocycles. The average Bonchev–Trinajstić information content (AvgIpc) is 2.33. The first-order valence-corrected chi connectivity index (χ1v) is 5.09. The lowest BCUT2D eigenvalue weighted by atomic mass is 10.2. The minimum atomic E-state index is 0.317. The monoisotopic (exact) mass is 215 g/mol. The summed E-state index contributed by atoms with van der Waals surface area (Å²) in [6.07, 6.45) is 3.24. The molecule has 0 aliphatic heterocycles. The van der Waals surface area contributed by atoms with Crippen LogP contribution in [0, 0.1) is 0 Å². The number of phenols is 1.